The highest BCUT2D eigenvalue weighted by atomic mass is 79.9. The van der Waals surface area contributed by atoms with Crippen LogP contribution in [0.5, 0.6) is 0 Å². The lowest BCUT2D eigenvalue weighted by Crippen LogP contribution is -2.16. The van der Waals surface area contributed by atoms with Crippen LogP contribution in [0.25, 0.3) is 0 Å². The predicted octanol–water partition coefficient (Wildman–Crippen LogP) is 3.39. The number of aromatic nitrogens is 1. The molecule has 2 rings (SSSR count). The molecule has 0 aliphatic rings. The molecule has 2 aromatic rings. The molecule has 0 radical (unpaired) electrons. The number of carboxylic acid groups (broad SMARTS) is 1. The van der Waals surface area contributed by atoms with Crippen LogP contribution in [-0.2, 0) is 11.2 Å². The Hall–Kier alpha value is -1.75. The van der Waals surface area contributed by atoms with Crippen molar-refractivity contribution in [3.05, 3.63) is 64.1 Å². The summed E-state index contributed by atoms with van der Waals surface area (Å²) in [5.74, 6) is -2.16. The van der Waals surface area contributed by atoms with Gasteiger partial charge in [-0.25, -0.2) is 4.39 Å². The highest BCUT2D eigenvalue weighted by Crippen LogP contribution is 2.26. The number of pyridine rings is 1. The Kier molecular flexibility index (Phi) is 4.27. The Morgan fingerprint density at radius 2 is 2.16 bits per heavy atom. The van der Waals surface area contributed by atoms with E-state index in [1.807, 2.05) is 0 Å². The van der Waals surface area contributed by atoms with Gasteiger partial charge in [0, 0.05) is 10.7 Å². The topological polar surface area (TPSA) is 50.2 Å². The summed E-state index contributed by atoms with van der Waals surface area (Å²) in [6.07, 6.45) is 1.74. The van der Waals surface area contributed by atoms with Gasteiger partial charge < -0.3 is 5.11 Å². The number of halogens is 2. The zero-order valence-corrected chi connectivity index (χ0v) is 11.5. The fourth-order valence-electron chi connectivity index (χ4n) is 1.85. The number of aliphatic carboxylic acids is 1. The second-order valence-corrected chi connectivity index (χ2v) is 4.95. The molecule has 0 aliphatic heterocycles. The van der Waals surface area contributed by atoms with Gasteiger partial charge in [0.2, 0.25) is 0 Å². The summed E-state index contributed by atoms with van der Waals surface area (Å²) in [5.41, 5.74) is 1.07. The van der Waals surface area contributed by atoms with Crippen LogP contribution in [0.1, 0.15) is 17.2 Å². The molecule has 1 aromatic carbocycles. The maximum Gasteiger partial charge on any atom is 0.312 e. The number of carboxylic acids is 1. The van der Waals surface area contributed by atoms with E-state index in [0.717, 1.165) is 0 Å². The van der Waals surface area contributed by atoms with Gasteiger partial charge in [-0.2, -0.15) is 0 Å². The van der Waals surface area contributed by atoms with Crippen molar-refractivity contribution in [2.24, 2.45) is 0 Å². The van der Waals surface area contributed by atoms with Crippen molar-refractivity contribution in [1.82, 2.24) is 4.98 Å². The Morgan fingerprint density at radius 1 is 1.37 bits per heavy atom. The van der Waals surface area contributed by atoms with Gasteiger partial charge in [0.05, 0.1) is 5.69 Å². The van der Waals surface area contributed by atoms with Crippen molar-refractivity contribution < 1.29 is 14.3 Å². The summed E-state index contributed by atoms with van der Waals surface area (Å²) in [5, 5.41) is 9.33. The number of benzene rings is 1. The molecular weight excluding hydrogens is 313 g/mol. The van der Waals surface area contributed by atoms with Gasteiger partial charge in [0.15, 0.2) is 0 Å². The van der Waals surface area contributed by atoms with Crippen LogP contribution in [0.3, 0.4) is 0 Å². The summed E-state index contributed by atoms with van der Waals surface area (Å²) >= 11 is 3.29. The van der Waals surface area contributed by atoms with Crippen molar-refractivity contribution in [3.63, 3.8) is 0 Å². The van der Waals surface area contributed by atoms with Crippen LogP contribution in [0.15, 0.2) is 47.1 Å². The molecule has 98 valence electrons. The van der Waals surface area contributed by atoms with E-state index in [0.29, 0.717) is 15.7 Å². The highest BCUT2D eigenvalue weighted by Gasteiger charge is 2.24. The van der Waals surface area contributed by atoms with Gasteiger partial charge in [-0.05, 0) is 52.2 Å². The van der Waals surface area contributed by atoms with Crippen LogP contribution in [0.4, 0.5) is 4.39 Å². The first-order valence-electron chi connectivity index (χ1n) is 5.65. The van der Waals surface area contributed by atoms with E-state index in [1.54, 1.807) is 30.5 Å². The second-order valence-electron chi connectivity index (χ2n) is 4.10. The third kappa shape index (κ3) is 3.38. The first-order chi connectivity index (χ1) is 9.08. The molecule has 1 N–H and O–H groups in total. The van der Waals surface area contributed by atoms with E-state index in [2.05, 4.69) is 20.9 Å². The third-order valence-electron chi connectivity index (χ3n) is 2.74. The zero-order chi connectivity index (χ0) is 13.8. The maximum absolute atomic E-state index is 13.1. The molecule has 3 nitrogen and oxygen atoms in total. The van der Waals surface area contributed by atoms with Gasteiger partial charge in [0.1, 0.15) is 11.7 Å². The number of nitrogens with zero attached hydrogens (tertiary/aromatic N) is 1. The third-order valence-corrected chi connectivity index (χ3v) is 3.41. The largest absolute Gasteiger partial charge is 0.481 e. The number of hydrogen-bond acceptors (Lipinski definition) is 2. The van der Waals surface area contributed by atoms with Gasteiger partial charge in [-0.15, -0.1) is 0 Å². The smallest absolute Gasteiger partial charge is 0.312 e. The Bertz CT molecular complexity index is 604. The van der Waals surface area contributed by atoms with Crippen LogP contribution >= 0.6 is 15.9 Å². The first-order valence-corrected chi connectivity index (χ1v) is 6.45. The minimum atomic E-state index is -0.983. The molecule has 0 saturated carbocycles. The number of carbonyl (C=O) groups is 1. The molecule has 0 amide bonds. The lowest BCUT2D eigenvalue weighted by Gasteiger charge is -2.13. The predicted molar refractivity (Wildman–Crippen MR) is 72.4 cm³/mol. The van der Waals surface area contributed by atoms with Crippen molar-refractivity contribution >= 4 is 21.9 Å². The SMILES string of the molecule is O=C(O)C(Cc1cccc(F)c1)c1ncccc1Br. The number of hydrogen-bond donors (Lipinski definition) is 1. The van der Waals surface area contributed by atoms with E-state index in [9.17, 15) is 14.3 Å². The lowest BCUT2D eigenvalue weighted by molar-refractivity contribution is -0.138. The van der Waals surface area contributed by atoms with Crippen LogP contribution in [0.2, 0.25) is 0 Å². The summed E-state index contributed by atoms with van der Waals surface area (Å²) in [6, 6.07) is 9.40. The van der Waals surface area contributed by atoms with E-state index in [-0.39, 0.29) is 12.2 Å². The fraction of sp³-hybridized carbons (Fsp3) is 0.143. The zero-order valence-electron chi connectivity index (χ0n) is 9.88. The molecule has 0 aliphatic carbocycles. The summed E-state index contributed by atoms with van der Waals surface area (Å²) in [4.78, 5) is 15.5. The molecule has 1 unspecified atom stereocenters. The number of rotatable bonds is 4. The standard InChI is InChI=1S/C14H11BrFNO2/c15-12-5-2-6-17-13(12)11(14(18)19)8-9-3-1-4-10(16)7-9/h1-7,11H,8H2,(H,18,19). The molecular formula is C14H11BrFNO2. The molecule has 0 bridgehead atoms. The first kappa shape index (κ1) is 13.7. The van der Waals surface area contributed by atoms with Crippen molar-refractivity contribution in [3.8, 4) is 0 Å². The molecule has 1 aromatic heterocycles. The summed E-state index contributed by atoms with van der Waals surface area (Å²) < 4.78 is 13.8. The summed E-state index contributed by atoms with van der Waals surface area (Å²) in [6.45, 7) is 0. The van der Waals surface area contributed by atoms with Crippen molar-refractivity contribution in [2.45, 2.75) is 12.3 Å². The monoisotopic (exact) mass is 323 g/mol. The van der Waals surface area contributed by atoms with Crippen molar-refractivity contribution in [2.75, 3.05) is 0 Å². The van der Waals surface area contributed by atoms with Crippen LogP contribution in [-0.4, -0.2) is 16.1 Å². The van der Waals surface area contributed by atoms with Gasteiger partial charge in [-0.3, -0.25) is 9.78 Å². The average Bonchev–Trinajstić information content (AvgIpc) is 2.37. The van der Waals surface area contributed by atoms with Gasteiger partial charge in [-0.1, -0.05) is 12.1 Å². The summed E-state index contributed by atoms with van der Waals surface area (Å²) in [7, 11) is 0. The quantitative estimate of drug-likeness (QED) is 0.938. The van der Waals surface area contributed by atoms with E-state index < -0.39 is 11.9 Å². The molecule has 5 heteroatoms. The Balaban J connectivity index is 2.32. The highest BCUT2D eigenvalue weighted by molar-refractivity contribution is 9.10. The van der Waals surface area contributed by atoms with Crippen molar-refractivity contribution in [1.29, 1.82) is 0 Å². The van der Waals surface area contributed by atoms with E-state index >= 15 is 0 Å². The minimum absolute atomic E-state index is 0.197. The second kappa shape index (κ2) is 5.93. The molecule has 0 saturated heterocycles. The molecule has 0 fully saturated rings. The average molecular weight is 324 g/mol. The fourth-order valence-corrected chi connectivity index (χ4v) is 2.39. The molecule has 19 heavy (non-hydrogen) atoms. The van der Waals surface area contributed by atoms with Gasteiger partial charge in [0.25, 0.3) is 0 Å². The minimum Gasteiger partial charge on any atom is -0.481 e. The molecule has 1 heterocycles. The van der Waals surface area contributed by atoms with Crippen LogP contribution in [0, 0.1) is 5.82 Å². The maximum atomic E-state index is 13.1. The normalized spacial score (nSPS) is 12.1. The van der Waals surface area contributed by atoms with Crippen LogP contribution < -0.4 is 0 Å². The Morgan fingerprint density at radius 3 is 2.79 bits per heavy atom. The lowest BCUT2D eigenvalue weighted by atomic mass is 9.96. The van der Waals surface area contributed by atoms with Gasteiger partial charge >= 0.3 is 5.97 Å². The Labute approximate surface area is 118 Å². The molecule has 0 spiro atoms. The van der Waals surface area contributed by atoms with E-state index in [1.165, 1.54) is 12.1 Å². The molecule has 1 atom stereocenters. The van der Waals surface area contributed by atoms with E-state index in [4.69, 9.17) is 0 Å².